The third kappa shape index (κ3) is 2.51. The molecular weight excluding hydrogens is 240 g/mol. The predicted octanol–water partition coefficient (Wildman–Crippen LogP) is 2.91. The number of fused-ring (bicyclic) bond motifs is 1. The van der Waals surface area contributed by atoms with Crippen LogP contribution in [0, 0.1) is 23.7 Å². The third-order valence-electron chi connectivity index (χ3n) is 4.82. The average molecular weight is 262 g/mol. The van der Waals surface area contributed by atoms with Gasteiger partial charge in [0.05, 0.1) is 7.11 Å². The van der Waals surface area contributed by atoms with E-state index in [1.165, 1.54) is 7.11 Å². The minimum Gasteiger partial charge on any atom is -0.466 e. The van der Waals surface area contributed by atoms with Crippen LogP contribution in [0.5, 0.6) is 0 Å². The molecule has 0 aromatic rings. The quantitative estimate of drug-likeness (QED) is 0.567. The molecule has 2 aliphatic carbocycles. The second-order valence-corrected chi connectivity index (χ2v) is 5.90. The minimum atomic E-state index is -0.318. The van der Waals surface area contributed by atoms with Crippen LogP contribution in [-0.4, -0.2) is 18.9 Å². The van der Waals surface area contributed by atoms with Crippen LogP contribution in [0.1, 0.15) is 33.1 Å². The van der Waals surface area contributed by atoms with Gasteiger partial charge in [-0.3, -0.25) is 4.79 Å². The van der Waals surface area contributed by atoms with Gasteiger partial charge in [-0.1, -0.05) is 19.6 Å². The fraction of sp³-hybridized carbons (Fsp3) is 0.625. The summed E-state index contributed by atoms with van der Waals surface area (Å²) in [5.41, 5.74) is 1.39. The number of carbonyl (C=O) groups is 2. The van der Waals surface area contributed by atoms with Gasteiger partial charge in [0.2, 0.25) is 0 Å². The highest BCUT2D eigenvalue weighted by molar-refractivity contribution is 5.96. The molecule has 0 N–H and O–H groups in total. The normalized spacial score (nSPS) is 34.3. The molecule has 3 heteroatoms. The molecule has 2 rings (SSSR count). The molecule has 0 aromatic carbocycles. The van der Waals surface area contributed by atoms with Gasteiger partial charge in [-0.05, 0) is 49.0 Å². The number of esters is 1. The van der Waals surface area contributed by atoms with Crippen molar-refractivity contribution in [2.45, 2.75) is 33.1 Å². The average Bonchev–Trinajstić information content (AvgIpc) is 2.40. The summed E-state index contributed by atoms with van der Waals surface area (Å²) < 4.78 is 4.79. The summed E-state index contributed by atoms with van der Waals surface area (Å²) in [7, 11) is 1.39. The second-order valence-electron chi connectivity index (χ2n) is 5.90. The topological polar surface area (TPSA) is 43.4 Å². The molecule has 0 spiro atoms. The molecule has 0 radical (unpaired) electrons. The Morgan fingerprint density at radius 2 is 2.11 bits per heavy atom. The van der Waals surface area contributed by atoms with E-state index in [1.807, 2.05) is 6.92 Å². The van der Waals surface area contributed by atoms with Crippen molar-refractivity contribution in [2.75, 3.05) is 7.11 Å². The Morgan fingerprint density at radius 3 is 2.74 bits per heavy atom. The Bertz CT molecular complexity index is 447. The van der Waals surface area contributed by atoms with Gasteiger partial charge in [-0.25, -0.2) is 4.79 Å². The molecule has 0 aliphatic heterocycles. The highest BCUT2D eigenvalue weighted by Gasteiger charge is 2.42. The fourth-order valence-corrected chi connectivity index (χ4v) is 3.55. The Hall–Kier alpha value is -1.38. The monoisotopic (exact) mass is 262 g/mol. The van der Waals surface area contributed by atoms with Crippen molar-refractivity contribution in [2.24, 2.45) is 23.7 Å². The zero-order valence-corrected chi connectivity index (χ0v) is 11.9. The minimum absolute atomic E-state index is 0.122. The molecule has 0 unspecified atom stereocenters. The van der Waals surface area contributed by atoms with Crippen LogP contribution >= 0.6 is 0 Å². The number of hydrogen-bond acceptors (Lipinski definition) is 3. The van der Waals surface area contributed by atoms with Gasteiger partial charge in [-0.15, -0.1) is 0 Å². The summed E-state index contributed by atoms with van der Waals surface area (Å²) in [6.07, 6.45) is 4.67. The first kappa shape index (κ1) is 14.0. The number of ketones is 1. The van der Waals surface area contributed by atoms with Gasteiger partial charge in [0.25, 0.3) is 0 Å². The van der Waals surface area contributed by atoms with Crippen molar-refractivity contribution in [1.29, 1.82) is 0 Å². The van der Waals surface area contributed by atoms with Gasteiger partial charge in [0, 0.05) is 12.0 Å². The number of allylic oxidation sites excluding steroid dienone is 2. The predicted molar refractivity (Wildman–Crippen MR) is 73.4 cm³/mol. The summed E-state index contributed by atoms with van der Waals surface area (Å²) in [6, 6.07) is 0. The Kier molecular flexibility index (Phi) is 3.93. The molecule has 0 heterocycles. The van der Waals surface area contributed by atoms with Crippen LogP contribution in [0.2, 0.25) is 0 Å². The van der Waals surface area contributed by atoms with Crippen LogP contribution in [-0.2, 0) is 14.3 Å². The van der Waals surface area contributed by atoms with E-state index in [9.17, 15) is 9.59 Å². The zero-order valence-electron chi connectivity index (χ0n) is 11.9. The highest BCUT2D eigenvalue weighted by Crippen LogP contribution is 2.46. The maximum absolute atomic E-state index is 11.9. The molecular formula is C16H22O3. The van der Waals surface area contributed by atoms with Crippen LogP contribution in [0.25, 0.3) is 0 Å². The number of ether oxygens (including phenoxy) is 1. The highest BCUT2D eigenvalue weighted by atomic mass is 16.5. The Morgan fingerprint density at radius 1 is 1.42 bits per heavy atom. The van der Waals surface area contributed by atoms with Crippen LogP contribution in [0.4, 0.5) is 0 Å². The number of methoxy groups -OCH3 is 1. The zero-order chi connectivity index (χ0) is 14.2. The molecule has 4 atom stereocenters. The molecule has 1 saturated carbocycles. The Balaban J connectivity index is 2.29. The van der Waals surface area contributed by atoms with E-state index < -0.39 is 0 Å². The van der Waals surface area contributed by atoms with E-state index in [0.717, 1.165) is 18.4 Å². The van der Waals surface area contributed by atoms with Crippen LogP contribution < -0.4 is 0 Å². The first-order chi connectivity index (χ1) is 8.95. The number of hydrogen-bond donors (Lipinski definition) is 0. The summed E-state index contributed by atoms with van der Waals surface area (Å²) in [5.74, 6) is 1.18. The third-order valence-corrected chi connectivity index (χ3v) is 4.82. The fourth-order valence-electron chi connectivity index (χ4n) is 3.55. The molecule has 1 fully saturated rings. The van der Waals surface area contributed by atoms with Crippen molar-refractivity contribution >= 4 is 11.8 Å². The lowest BCUT2D eigenvalue weighted by Crippen LogP contribution is -2.38. The molecule has 0 amide bonds. The van der Waals surface area contributed by atoms with Gasteiger partial charge in [0.15, 0.2) is 5.78 Å². The molecule has 0 bridgehead atoms. The number of Topliss-reactive ketones (excluding diaryl/α,β-unsaturated/α-hetero) is 1. The van der Waals surface area contributed by atoms with Gasteiger partial charge < -0.3 is 4.74 Å². The second kappa shape index (κ2) is 5.32. The molecule has 0 aromatic heterocycles. The smallest absolute Gasteiger partial charge is 0.333 e. The lowest BCUT2D eigenvalue weighted by atomic mass is 9.61. The van der Waals surface area contributed by atoms with Crippen molar-refractivity contribution in [3.05, 3.63) is 23.8 Å². The van der Waals surface area contributed by atoms with E-state index in [2.05, 4.69) is 19.6 Å². The molecule has 104 valence electrons. The standard InChI is InChI=1S/C16H22O3/c1-9-5-6-12(11(3)16(18)19-4)14-7-10(2)15(17)8-13(9)14/h7,9,12-14H,3,5-6,8H2,1-2,4H3/t9-,12+,13+,14-/m1/s1. The SMILES string of the molecule is C=C(C(=O)OC)[C@@H]1CC[C@@H](C)[C@@H]2CC(=O)C(C)=C[C@@H]21. The number of carbonyl (C=O) groups excluding carboxylic acids is 2. The largest absolute Gasteiger partial charge is 0.466 e. The molecule has 19 heavy (non-hydrogen) atoms. The molecule has 3 nitrogen and oxygen atoms in total. The lowest BCUT2D eigenvalue weighted by molar-refractivity contribution is -0.137. The van der Waals surface area contributed by atoms with E-state index in [1.54, 1.807) is 0 Å². The first-order valence-electron chi connectivity index (χ1n) is 6.94. The summed E-state index contributed by atoms with van der Waals surface area (Å²) in [5, 5.41) is 0. The molecule has 0 saturated heterocycles. The molecule has 2 aliphatic rings. The number of rotatable bonds is 2. The van der Waals surface area contributed by atoms with Crippen molar-refractivity contribution in [1.82, 2.24) is 0 Å². The Labute approximate surface area is 114 Å². The van der Waals surface area contributed by atoms with Crippen LogP contribution in [0.15, 0.2) is 23.8 Å². The van der Waals surface area contributed by atoms with Gasteiger partial charge in [-0.2, -0.15) is 0 Å². The van der Waals surface area contributed by atoms with Crippen molar-refractivity contribution in [3.8, 4) is 0 Å². The first-order valence-corrected chi connectivity index (χ1v) is 6.94. The van der Waals surface area contributed by atoms with Gasteiger partial charge in [0.1, 0.15) is 0 Å². The summed E-state index contributed by atoms with van der Waals surface area (Å²) >= 11 is 0. The maximum atomic E-state index is 11.9. The summed E-state index contributed by atoms with van der Waals surface area (Å²) in [4.78, 5) is 23.6. The van der Waals surface area contributed by atoms with E-state index in [-0.39, 0.29) is 23.6 Å². The van der Waals surface area contributed by atoms with E-state index >= 15 is 0 Å². The summed E-state index contributed by atoms with van der Waals surface area (Å²) in [6.45, 7) is 8.00. The van der Waals surface area contributed by atoms with Crippen molar-refractivity contribution in [3.63, 3.8) is 0 Å². The van der Waals surface area contributed by atoms with Crippen molar-refractivity contribution < 1.29 is 14.3 Å². The maximum Gasteiger partial charge on any atom is 0.333 e. The lowest BCUT2D eigenvalue weighted by Gasteiger charge is -2.43. The van der Waals surface area contributed by atoms with Gasteiger partial charge >= 0.3 is 5.97 Å². The van der Waals surface area contributed by atoms with E-state index in [0.29, 0.717) is 23.8 Å². The van der Waals surface area contributed by atoms with E-state index in [4.69, 9.17) is 4.74 Å². The van der Waals surface area contributed by atoms with Crippen LogP contribution in [0.3, 0.4) is 0 Å².